The maximum Gasteiger partial charge on any atom is 0.305 e. The van der Waals surface area contributed by atoms with Gasteiger partial charge in [-0.05, 0) is 24.5 Å². The molecule has 0 atom stereocenters. The fraction of sp³-hybridized carbons (Fsp3) is 0.500. The van der Waals surface area contributed by atoms with Gasteiger partial charge in [0, 0.05) is 19.2 Å². The zero-order valence-corrected chi connectivity index (χ0v) is 11.6. The third kappa shape index (κ3) is 3.10. The number of fused-ring (bicyclic) bond motifs is 1. The Hall–Kier alpha value is -1.91. The Morgan fingerprint density at radius 3 is 2.84 bits per heavy atom. The van der Waals surface area contributed by atoms with Crippen LogP contribution < -0.4 is 0 Å². The molecule has 2 aromatic heterocycles. The van der Waals surface area contributed by atoms with Crippen LogP contribution in [0.2, 0.25) is 0 Å². The predicted molar refractivity (Wildman–Crippen MR) is 73.1 cm³/mol. The molecule has 2 rings (SSSR count). The average molecular weight is 261 g/mol. The molecule has 0 aliphatic heterocycles. The van der Waals surface area contributed by atoms with E-state index in [-0.39, 0.29) is 6.42 Å². The van der Waals surface area contributed by atoms with Crippen molar-refractivity contribution < 1.29 is 9.90 Å². The van der Waals surface area contributed by atoms with Gasteiger partial charge in [-0.25, -0.2) is 9.97 Å². The highest BCUT2D eigenvalue weighted by molar-refractivity contribution is 5.72. The number of imidazole rings is 1. The second-order valence-electron chi connectivity index (χ2n) is 5.28. The molecule has 5 heteroatoms. The Bertz CT molecular complexity index is 602. The second kappa shape index (κ2) is 5.38. The van der Waals surface area contributed by atoms with Crippen LogP contribution in [0, 0.1) is 12.8 Å². The summed E-state index contributed by atoms with van der Waals surface area (Å²) in [5, 5.41) is 8.85. The molecule has 0 aromatic carbocycles. The molecule has 102 valence electrons. The van der Waals surface area contributed by atoms with Crippen molar-refractivity contribution in [1.29, 1.82) is 0 Å². The first-order valence-electron chi connectivity index (χ1n) is 6.51. The molecule has 0 amide bonds. The van der Waals surface area contributed by atoms with E-state index in [0.717, 1.165) is 29.0 Å². The summed E-state index contributed by atoms with van der Waals surface area (Å²) in [6, 6.07) is 1.99. The van der Waals surface area contributed by atoms with Crippen molar-refractivity contribution in [3.63, 3.8) is 0 Å². The molecular formula is C14H19N3O2. The van der Waals surface area contributed by atoms with Gasteiger partial charge in [-0.3, -0.25) is 4.79 Å². The van der Waals surface area contributed by atoms with E-state index in [1.807, 2.05) is 17.6 Å². The summed E-state index contributed by atoms with van der Waals surface area (Å²) in [5.74, 6) is 0.593. The normalized spacial score (nSPS) is 11.4. The van der Waals surface area contributed by atoms with E-state index in [1.165, 1.54) is 0 Å². The predicted octanol–water partition coefficient (Wildman–Crippen LogP) is 2.41. The number of hydrogen-bond acceptors (Lipinski definition) is 3. The van der Waals surface area contributed by atoms with Crippen molar-refractivity contribution in [3.05, 3.63) is 23.7 Å². The molecule has 0 radical (unpaired) electrons. The summed E-state index contributed by atoms with van der Waals surface area (Å²) in [7, 11) is 0. The molecule has 1 N–H and O–H groups in total. The molecule has 0 aliphatic carbocycles. The van der Waals surface area contributed by atoms with Gasteiger partial charge in [0.15, 0.2) is 5.65 Å². The van der Waals surface area contributed by atoms with Crippen molar-refractivity contribution in [2.24, 2.45) is 5.92 Å². The molecule has 0 unspecified atom stereocenters. The Morgan fingerprint density at radius 1 is 1.47 bits per heavy atom. The van der Waals surface area contributed by atoms with Crippen LogP contribution in [0.5, 0.6) is 0 Å². The van der Waals surface area contributed by atoms with Crippen LogP contribution in [0.25, 0.3) is 11.2 Å². The van der Waals surface area contributed by atoms with Crippen LogP contribution >= 0.6 is 0 Å². The van der Waals surface area contributed by atoms with Crippen LogP contribution in [0.4, 0.5) is 0 Å². The maximum absolute atomic E-state index is 10.8. The molecule has 0 spiro atoms. The fourth-order valence-corrected chi connectivity index (χ4v) is 2.12. The third-order valence-corrected chi connectivity index (χ3v) is 2.94. The number of aromatic nitrogens is 3. The summed E-state index contributed by atoms with van der Waals surface area (Å²) in [4.78, 5) is 19.8. The lowest BCUT2D eigenvalue weighted by Gasteiger charge is -2.08. The van der Waals surface area contributed by atoms with Gasteiger partial charge in [-0.15, -0.1) is 0 Å². The Kier molecular flexibility index (Phi) is 3.83. The van der Waals surface area contributed by atoms with Gasteiger partial charge >= 0.3 is 5.97 Å². The third-order valence-electron chi connectivity index (χ3n) is 2.94. The molecule has 0 aliphatic rings. The summed E-state index contributed by atoms with van der Waals surface area (Å²) in [5.41, 5.74) is 2.69. The molecule has 2 heterocycles. The zero-order chi connectivity index (χ0) is 14.0. The number of rotatable bonds is 5. The van der Waals surface area contributed by atoms with Crippen LogP contribution in [0.1, 0.15) is 31.7 Å². The van der Waals surface area contributed by atoms with Crippen LogP contribution in [0.15, 0.2) is 12.3 Å². The molecular weight excluding hydrogens is 242 g/mol. The first-order valence-corrected chi connectivity index (χ1v) is 6.51. The summed E-state index contributed by atoms with van der Waals surface area (Å²) in [6.07, 6.45) is 2.71. The van der Waals surface area contributed by atoms with Gasteiger partial charge in [0.25, 0.3) is 0 Å². The Morgan fingerprint density at radius 2 is 2.21 bits per heavy atom. The number of hydrogen-bond donors (Lipinski definition) is 1. The summed E-state index contributed by atoms with van der Waals surface area (Å²) < 4.78 is 1.93. The number of carboxylic acids is 1. The lowest BCUT2D eigenvalue weighted by molar-refractivity contribution is -0.137. The fourth-order valence-electron chi connectivity index (χ4n) is 2.12. The maximum atomic E-state index is 10.8. The van der Waals surface area contributed by atoms with Gasteiger partial charge < -0.3 is 9.67 Å². The van der Waals surface area contributed by atoms with E-state index in [2.05, 4.69) is 23.8 Å². The van der Waals surface area contributed by atoms with Gasteiger partial charge in [-0.1, -0.05) is 13.8 Å². The zero-order valence-electron chi connectivity index (χ0n) is 11.6. The minimum atomic E-state index is -0.801. The molecule has 0 saturated heterocycles. The highest BCUT2D eigenvalue weighted by atomic mass is 16.4. The lowest BCUT2D eigenvalue weighted by Crippen LogP contribution is -2.10. The standard InChI is InChI=1S/C14H19N3O2/c1-9(2)6-12-16-11-7-10(3)8-15-14(11)17(12)5-4-13(18)19/h7-9H,4-6H2,1-3H3,(H,18,19). The van der Waals surface area contributed by atoms with Gasteiger partial charge in [0.1, 0.15) is 11.3 Å². The number of aliphatic carboxylic acids is 1. The van der Waals surface area contributed by atoms with E-state index in [0.29, 0.717) is 12.5 Å². The Labute approximate surface area is 112 Å². The van der Waals surface area contributed by atoms with Crippen molar-refractivity contribution in [1.82, 2.24) is 14.5 Å². The first kappa shape index (κ1) is 13.5. The van der Waals surface area contributed by atoms with E-state index in [1.54, 1.807) is 6.20 Å². The Balaban J connectivity index is 2.45. The molecule has 19 heavy (non-hydrogen) atoms. The van der Waals surface area contributed by atoms with Gasteiger partial charge in [0.05, 0.1) is 6.42 Å². The average Bonchev–Trinajstić information content (AvgIpc) is 2.61. The van der Waals surface area contributed by atoms with Gasteiger partial charge in [0.2, 0.25) is 0 Å². The first-order chi connectivity index (χ1) is 8.97. The highest BCUT2D eigenvalue weighted by Crippen LogP contribution is 2.18. The molecule has 0 fully saturated rings. The van der Waals surface area contributed by atoms with E-state index in [9.17, 15) is 4.79 Å². The quantitative estimate of drug-likeness (QED) is 0.897. The van der Waals surface area contributed by atoms with Crippen molar-refractivity contribution in [2.45, 2.75) is 40.2 Å². The number of carbonyl (C=O) groups is 1. The molecule has 5 nitrogen and oxygen atoms in total. The number of pyridine rings is 1. The van der Waals surface area contributed by atoms with Crippen LogP contribution in [0.3, 0.4) is 0 Å². The summed E-state index contributed by atoms with van der Waals surface area (Å²) >= 11 is 0. The SMILES string of the molecule is Cc1cnc2c(c1)nc(CC(C)C)n2CCC(=O)O. The van der Waals surface area contributed by atoms with E-state index >= 15 is 0 Å². The smallest absolute Gasteiger partial charge is 0.305 e. The minimum Gasteiger partial charge on any atom is -0.481 e. The van der Waals surface area contributed by atoms with E-state index in [4.69, 9.17) is 5.11 Å². The van der Waals surface area contributed by atoms with Crippen molar-refractivity contribution >= 4 is 17.1 Å². The number of carboxylic acid groups (broad SMARTS) is 1. The van der Waals surface area contributed by atoms with Crippen LogP contribution in [-0.4, -0.2) is 25.6 Å². The lowest BCUT2D eigenvalue weighted by atomic mass is 10.1. The number of aryl methyl sites for hydroxylation is 2. The number of nitrogens with zero attached hydrogens (tertiary/aromatic N) is 3. The van der Waals surface area contributed by atoms with Gasteiger partial charge in [-0.2, -0.15) is 0 Å². The topological polar surface area (TPSA) is 68.0 Å². The second-order valence-corrected chi connectivity index (χ2v) is 5.28. The molecule has 2 aromatic rings. The van der Waals surface area contributed by atoms with Crippen molar-refractivity contribution in [3.8, 4) is 0 Å². The van der Waals surface area contributed by atoms with E-state index < -0.39 is 5.97 Å². The summed E-state index contributed by atoms with van der Waals surface area (Å²) in [6.45, 7) is 6.65. The minimum absolute atomic E-state index is 0.0894. The molecule has 0 bridgehead atoms. The van der Waals surface area contributed by atoms with Crippen molar-refractivity contribution in [2.75, 3.05) is 0 Å². The van der Waals surface area contributed by atoms with Crippen LogP contribution in [-0.2, 0) is 17.8 Å². The monoisotopic (exact) mass is 261 g/mol. The largest absolute Gasteiger partial charge is 0.481 e. The molecule has 0 saturated carbocycles. The highest BCUT2D eigenvalue weighted by Gasteiger charge is 2.14.